The number of aromatic nitrogens is 2. The molecule has 1 aromatic heterocycles. The molecule has 6 nitrogen and oxygen atoms in total. The van der Waals surface area contributed by atoms with Gasteiger partial charge in [0.15, 0.2) is 5.75 Å². The van der Waals surface area contributed by atoms with E-state index in [1.807, 2.05) is 24.3 Å². The van der Waals surface area contributed by atoms with E-state index in [9.17, 15) is 9.59 Å². The number of benzene rings is 3. The number of hydrogen-bond acceptors (Lipinski definition) is 4. The Bertz CT molecular complexity index is 1270. The van der Waals surface area contributed by atoms with Gasteiger partial charge >= 0.3 is 0 Å². The fourth-order valence-electron chi connectivity index (χ4n) is 3.00. The first kappa shape index (κ1) is 19.7. The summed E-state index contributed by atoms with van der Waals surface area (Å²) < 4.78 is 5.86. The second-order valence-corrected chi connectivity index (χ2v) is 7.01. The molecule has 0 aliphatic rings. The number of carbonyl (C=O) groups excluding carboxylic acids is 1. The van der Waals surface area contributed by atoms with Crippen LogP contribution in [0.2, 0.25) is 5.02 Å². The van der Waals surface area contributed by atoms with Crippen molar-refractivity contribution in [3.63, 3.8) is 0 Å². The molecule has 0 atom stereocenters. The Morgan fingerprint density at radius 3 is 2.50 bits per heavy atom. The van der Waals surface area contributed by atoms with Crippen LogP contribution in [0.1, 0.15) is 12.2 Å². The number of halogens is 1. The summed E-state index contributed by atoms with van der Waals surface area (Å²) in [6.45, 7) is 0. The first-order valence-electron chi connectivity index (χ1n) is 9.39. The highest BCUT2D eigenvalue weighted by Gasteiger charge is 2.11. The maximum atomic E-state index is 12.5. The van der Waals surface area contributed by atoms with Crippen LogP contribution in [-0.4, -0.2) is 15.9 Å². The SMILES string of the molecule is O=C(CCc1nc2ccccc2c(=O)[nH]1)Nc1ccccc1Oc1ccccc1Cl. The molecule has 0 saturated heterocycles. The number of hydrogen-bond donors (Lipinski definition) is 2. The third-order valence-electron chi connectivity index (χ3n) is 4.47. The third kappa shape index (κ3) is 4.50. The van der Waals surface area contributed by atoms with Crippen molar-refractivity contribution in [3.8, 4) is 11.5 Å². The molecule has 0 fully saturated rings. The number of para-hydroxylation sites is 4. The zero-order chi connectivity index (χ0) is 20.9. The van der Waals surface area contributed by atoms with Gasteiger partial charge in [-0.3, -0.25) is 9.59 Å². The summed E-state index contributed by atoms with van der Waals surface area (Å²) in [4.78, 5) is 31.8. The van der Waals surface area contributed by atoms with Crippen LogP contribution >= 0.6 is 11.6 Å². The van der Waals surface area contributed by atoms with E-state index in [-0.39, 0.29) is 17.9 Å². The van der Waals surface area contributed by atoms with Gasteiger partial charge in [-0.15, -0.1) is 0 Å². The molecule has 0 spiro atoms. The lowest BCUT2D eigenvalue weighted by Crippen LogP contribution is -2.16. The Hall–Kier alpha value is -3.64. The molecule has 0 aliphatic heterocycles. The molecule has 3 aromatic carbocycles. The standard InChI is InChI=1S/C23H18ClN3O3/c24-16-8-2-5-11-19(16)30-20-12-6-4-10-18(20)26-22(28)14-13-21-25-17-9-3-1-7-15(17)23(29)27-21/h1-12H,13-14H2,(H,26,28)(H,25,27,29). The molecule has 0 bridgehead atoms. The average Bonchev–Trinajstić information content (AvgIpc) is 2.75. The summed E-state index contributed by atoms with van der Waals surface area (Å²) in [5.74, 6) is 1.23. The van der Waals surface area contributed by atoms with Crippen molar-refractivity contribution in [1.29, 1.82) is 0 Å². The van der Waals surface area contributed by atoms with Crippen molar-refractivity contribution in [3.05, 3.63) is 94.0 Å². The summed E-state index contributed by atoms with van der Waals surface area (Å²) in [5, 5.41) is 3.85. The lowest BCUT2D eigenvalue weighted by atomic mass is 10.2. The molecule has 4 aromatic rings. The van der Waals surface area contributed by atoms with Crippen molar-refractivity contribution in [2.45, 2.75) is 12.8 Å². The van der Waals surface area contributed by atoms with Crippen molar-refractivity contribution < 1.29 is 9.53 Å². The smallest absolute Gasteiger partial charge is 0.258 e. The van der Waals surface area contributed by atoms with Crippen molar-refractivity contribution in [2.75, 3.05) is 5.32 Å². The molecule has 0 unspecified atom stereocenters. The second-order valence-electron chi connectivity index (χ2n) is 6.61. The minimum Gasteiger partial charge on any atom is -0.454 e. The lowest BCUT2D eigenvalue weighted by molar-refractivity contribution is -0.116. The van der Waals surface area contributed by atoms with E-state index in [1.165, 1.54) is 0 Å². The van der Waals surface area contributed by atoms with Crippen LogP contribution in [0.25, 0.3) is 10.9 Å². The first-order chi connectivity index (χ1) is 14.6. The number of nitrogens with zero attached hydrogens (tertiary/aromatic N) is 1. The summed E-state index contributed by atoms with van der Waals surface area (Å²) in [7, 11) is 0. The number of H-pyrrole nitrogens is 1. The molecule has 0 aliphatic carbocycles. The van der Waals surface area contributed by atoms with E-state index in [4.69, 9.17) is 16.3 Å². The van der Waals surface area contributed by atoms with Gasteiger partial charge in [0.2, 0.25) is 5.91 Å². The number of fused-ring (bicyclic) bond motifs is 1. The van der Waals surface area contributed by atoms with Gasteiger partial charge in [0.1, 0.15) is 11.6 Å². The van der Waals surface area contributed by atoms with E-state index < -0.39 is 0 Å². The van der Waals surface area contributed by atoms with Gasteiger partial charge in [-0.1, -0.05) is 48.0 Å². The van der Waals surface area contributed by atoms with Crippen LogP contribution in [0.4, 0.5) is 5.69 Å². The molecule has 1 heterocycles. The monoisotopic (exact) mass is 419 g/mol. The van der Waals surface area contributed by atoms with Crippen LogP contribution in [0.15, 0.2) is 77.6 Å². The maximum Gasteiger partial charge on any atom is 0.258 e. The molecular weight excluding hydrogens is 402 g/mol. The van der Waals surface area contributed by atoms with Gasteiger partial charge in [0.25, 0.3) is 5.56 Å². The highest BCUT2D eigenvalue weighted by molar-refractivity contribution is 6.32. The average molecular weight is 420 g/mol. The number of nitrogens with one attached hydrogen (secondary N) is 2. The minimum atomic E-state index is -0.221. The van der Waals surface area contributed by atoms with Crippen molar-refractivity contribution in [2.24, 2.45) is 0 Å². The Morgan fingerprint density at radius 2 is 1.67 bits per heavy atom. The fourth-order valence-corrected chi connectivity index (χ4v) is 3.18. The molecule has 7 heteroatoms. The van der Waals surface area contributed by atoms with Crippen molar-refractivity contribution in [1.82, 2.24) is 9.97 Å². The number of aromatic amines is 1. The van der Waals surface area contributed by atoms with Crippen LogP contribution in [-0.2, 0) is 11.2 Å². The lowest BCUT2D eigenvalue weighted by Gasteiger charge is -2.13. The number of aryl methyl sites for hydroxylation is 1. The zero-order valence-electron chi connectivity index (χ0n) is 15.9. The predicted molar refractivity (Wildman–Crippen MR) is 117 cm³/mol. The highest BCUT2D eigenvalue weighted by Crippen LogP contribution is 2.33. The van der Waals surface area contributed by atoms with Gasteiger partial charge < -0.3 is 15.0 Å². The van der Waals surface area contributed by atoms with Gasteiger partial charge in [0.05, 0.1) is 21.6 Å². The summed E-state index contributed by atoms with van der Waals surface area (Å²) in [6.07, 6.45) is 0.459. The molecule has 0 saturated carbocycles. The topological polar surface area (TPSA) is 84.1 Å². The van der Waals surface area contributed by atoms with E-state index in [0.717, 1.165) is 0 Å². The fraction of sp³-hybridized carbons (Fsp3) is 0.0870. The Balaban J connectivity index is 1.45. The third-order valence-corrected chi connectivity index (χ3v) is 4.78. The Morgan fingerprint density at radius 1 is 0.967 bits per heavy atom. The zero-order valence-corrected chi connectivity index (χ0v) is 16.6. The highest BCUT2D eigenvalue weighted by atomic mass is 35.5. The van der Waals surface area contributed by atoms with Crippen LogP contribution in [0.5, 0.6) is 11.5 Å². The summed E-state index contributed by atoms with van der Waals surface area (Å²) in [5.41, 5.74) is 0.923. The van der Waals surface area contributed by atoms with E-state index in [2.05, 4.69) is 15.3 Å². The largest absolute Gasteiger partial charge is 0.454 e. The number of carbonyl (C=O) groups is 1. The van der Waals surface area contributed by atoms with Gasteiger partial charge in [0, 0.05) is 12.8 Å². The number of ether oxygens (including phenoxy) is 1. The van der Waals surface area contributed by atoms with Gasteiger partial charge in [-0.2, -0.15) is 0 Å². The van der Waals surface area contributed by atoms with Gasteiger partial charge in [-0.25, -0.2) is 4.98 Å². The number of rotatable bonds is 6. The molecule has 1 amide bonds. The first-order valence-corrected chi connectivity index (χ1v) is 9.77. The number of amides is 1. The number of anilines is 1. The van der Waals surface area contributed by atoms with Crippen molar-refractivity contribution >= 4 is 34.1 Å². The normalized spacial score (nSPS) is 10.7. The maximum absolute atomic E-state index is 12.5. The molecule has 2 N–H and O–H groups in total. The second kappa shape index (κ2) is 8.80. The van der Waals surface area contributed by atoms with Gasteiger partial charge in [-0.05, 0) is 36.4 Å². The minimum absolute atomic E-state index is 0.154. The molecular formula is C23H18ClN3O3. The molecule has 150 valence electrons. The van der Waals surface area contributed by atoms with Crippen LogP contribution in [0, 0.1) is 0 Å². The van der Waals surface area contributed by atoms with E-state index >= 15 is 0 Å². The molecule has 4 rings (SSSR count). The quantitative estimate of drug-likeness (QED) is 0.463. The molecule has 30 heavy (non-hydrogen) atoms. The summed E-state index contributed by atoms with van der Waals surface area (Å²) >= 11 is 6.16. The van der Waals surface area contributed by atoms with Crippen LogP contribution in [0.3, 0.4) is 0 Å². The molecule has 0 radical (unpaired) electrons. The predicted octanol–water partition coefficient (Wildman–Crippen LogP) is 4.94. The Labute approximate surface area is 177 Å². The summed E-state index contributed by atoms with van der Waals surface area (Å²) in [6, 6.07) is 21.3. The van der Waals surface area contributed by atoms with E-state index in [1.54, 1.807) is 48.5 Å². The Kier molecular flexibility index (Phi) is 5.77. The van der Waals surface area contributed by atoms with Crippen LogP contribution < -0.4 is 15.6 Å². The van der Waals surface area contributed by atoms with E-state index in [0.29, 0.717) is 45.4 Å².